The molecule has 0 aliphatic rings. The van der Waals surface area contributed by atoms with Gasteiger partial charge in [0.05, 0.1) is 17.3 Å². The van der Waals surface area contributed by atoms with Gasteiger partial charge in [-0.1, -0.05) is 35.3 Å². The van der Waals surface area contributed by atoms with Crippen LogP contribution in [0.2, 0.25) is 0 Å². The Labute approximate surface area is 131 Å². The number of nitrogens with zero attached hydrogens (tertiary/aromatic N) is 3. The lowest BCUT2D eigenvalue weighted by Gasteiger charge is -2.04. The van der Waals surface area contributed by atoms with Gasteiger partial charge in [0, 0.05) is 0 Å². The molecule has 0 aromatic carbocycles. The van der Waals surface area contributed by atoms with Gasteiger partial charge in [0.1, 0.15) is 0 Å². The number of aliphatic carboxylic acids is 3. The van der Waals surface area contributed by atoms with Crippen LogP contribution in [0, 0.1) is 0 Å². The largest absolute Gasteiger partial charge is 0.481 e. The lowest BCUT2D eigenvalue weighted by atomic mass is 10.8. The highest BCUT2D eigenvalue weighted by molar-refractivity contribution is 8.01. The molecule has 21 heavy (non-hydrogen) atoms. The molecule has 0 aliphatic carbocycles. The second-order valence-electron chi connectivity index (χ2n) is 3.23. The molecule has 0 saturated carbocycles. The van der Waals surface area contributed by atoms with Crippen molar-refractivity contribution in [2.45, 2.75) is 15.5 Å². The highest BCUT2D eigenvalue weighted by atomic mass is 32.2. The summed E-state index contributed by atoms with van der Waals surface area (Å²) >= 11 is 2.53. The molecule has 0 saturated heterocycles. The maximum absolute atomic E-state index is 10.5. The summed E-state index contributed by atoms with van der Waals surface area (Å²) in [7, 11) is 0. The second kappa shape index (κ2) is 8.69. The fourth-order valence-corrected chi connectivity index (χ4v) is 2.73. The fourth-order valence-electron chi connectivity index (χ4n) is 0.893. The standard InChI is InChI=1S/C9H9N3O6S3/c13-4(14)1-19-7-10-8(20-2-5(15)16)12-9(11-7)21-3-6(17)18/h1-3H2,(H,13,14)(H,15,16)(H,17,18). The number of aromatic nitrogens is 3. The lowest BCUT2D eigenvalue weighted by Crippen LogP contribution is -2.05. The first-order valence-corrected chi connectivity index (χ1v) is 8.12. The van der Waals surface area contributed by atoms with Crippen molar-refractivity contribution in [2.75, 3.05) is 17.3 Å². The molecule has 1 aromatic rings. The monoisotopic (exact) mass is 351 g/mol. The van der Waals surface area contributed by atoms with E-state index in [1.165, 1.54) is 0 Å². The van der Waals surface area contributed by atoms with E-state index < -0.39 is 17.9 Å². The summed E-state index contributed by atoms with van der Waals surface area (Å²) < 4.78 is 0. The Morgan fingerprint density at radius 3 is 1.10 bits per heavy atom. The minimum Gasteiger partial charge on any atom is -0.481 e. The molecule has 0 bridgehead atoms. The Hall–Kier alpha value is -1.53. The van der Waals surface area contributed by atoms with Crippen LogP contribution in [0.1, 0.15) is 0 Å². The molecule has 0 radical (unpaired) electrons. The average Bonchev–Trinajstić information content (AvgIpc) is 2.40. The number of hydrogen-bond donors (Lipinski definition) is 3. The van der Waals surface area contributed by atoms with Crippen molar-refractivity contribution in [1.29, 1.82) is 0 Å². The van der Waals surface area contributed by atoms with Crippen LogP contribution < -0.4 is 0 Å². The van der Waals surface area contributed by atoms with E-state index in [1.807, 2.05) is 0 Å². The molecule has 1 rings (SSSR count). The molecule has 0 spiro atoms. The van der Waals surface area contributed by atoms with Crippen molar-refractivity contribution >= 4 is 53.2 Å². The third kappa shape index (κ3) is 7.72. The second-order valence-corrected chi connectivity index (χ2v) is 6.06. The van der Waals surface area contributed by atoms with E-state index in [2.05, 4.69) is 15.0 Å². The van der Waals surface area contributed by atoms with E-state index in [4.69, 9.17) is 15.3 Å². The summed E-state index contributed by atoms with van der Waals surface area (Å²) in [5.74, 6) is -3.97. The van der Waals surface area contributed by atoms with Gasteiger partial charge in [-0.15, -0.1) is 0 Å². The minimum atomic E-state index is -1.06. The SMILES string of the molecule is O=C(O)CSc1nc(SCC(=O)O)nc(SCC(=O)O)n1. The quantitative estimate of drug-likeness (QED) is 0.528. The first kappa shape index (κ1) is 17.5. The average molecular weight is 351 g/mol. The van der Waals surface area contributed by atoms with E-state index in [0.717, 1.165) is 35.3 Å². The summed E-state index contributed by atoms with van der Waals surface area (Å²) in [6.45, 7) is 0. The van der Waals surface area contributed by atoms with Crippen molar-refractivity contribution in [3.63, 3.8) is 0 Å². The molecule has 3 N–H and O–H groups in total. The zero-order valence-electron chi connectivity index (χ0n) is 10.3. The van der Waals surface area contributed by atoms with Crippen LogP contribution in [-0.4, -0.2) is 65.4 Å². The normalized spacial score (nSPS) is 10.3. The van der Waals surface area contributed by atoms with Crippen molar-refractivity contribution in [1.82, 2.24) is 15.0 Å². The Bertz CT molecular complexity index is 467. The van der Waals surface area contributed by atoms with Gasteiger partial charge in [0.25, 0.3) is 0 Å². The molecule has 0 fully saturated rings. The van der Waals surface area contributed by atoms with Crippen LogP contribution in [0.3, 0.4) is 0 Å². The van der Waals surface area contributed by atoms with E-state index in [0.29, 0.717) is 0 Å². The van der Waals surface area contributed by atoms with Crippen LogP contribution in [0.25, 0.3) is 0 Å². The van der Waals surface area contributed by atoms with Crippen molar-refractivity contribution in [3.8, 4) is 0 Å². The van der Waals surface area contributed by atoms with Crippen molar-refractivity contribution < 1.29 is 29.7 Å². The van der Waals surface area contributed by atoms with Gasteiger partial charge in [-0.2, -0.15) is 15.0 Å². The molecule has 0 amide bonds. The number of carbonyl (C=O) groups is 3. The predicted octanol–water partition coefficient (Wildman–Crippen LogP) is 0.402. The van der Waals surface area contributed by atoms with E-state index in [-0.39, 0.29) is 32.7 Å². The lowest BCUT2D eigenvalue weighted by molar-refractivity contribution is -0.134. The zero-order valence-corrected chi connectivity index (χ0v) is 12.7. The smallest absolute Gasteiger partial charge is 0.313 e. The molecule has 1 aromatic heterocycles. The van der Waals surface area contributed by atoms with Crippen LogP contribution in [0.5, 0.6) is 0 Å². The topological polar surface area (TPSA) is 151 Å². The Morgan fingerprint density at radius 2 is 0.905 bits per heavy atom. The van der Waals surface area contributed by atoms with E-state index in [9.17, 15) is 14.4 Å². The molecular weight excluding hydrogens is 342 g/mol. The van der Waals surface area contributed by atoms with Gasteiger partial charge in [-0.25, -0.2) is 0 Å². The Morgan fingerprint density at radius 1 is 0.667 bits per heavy atom. The Kier molecular flexibility index (Phi) is 7.25. The van der Waals surface area contributed by atoms with Crippen LogP contribution >= 0.6 is 35.3 Å². The zero-order chi connectivity index (χ0) is 15.8. The predicted molar refractivity (Wildman–Crippen MR) is 74.9 cm³/mol. The summed E-state index contributed by atoms with van der Waals surface area (Å²) in [5.41, 5.74) is 0. The number of carboxylic acid groups (broad SMARTS) is 3. The van der Waals surface area contributed by atoms with Crippen LogP contribution in [0.4, 0.5) is 0 Å². The first-order chi connectivity index (χ1) is 9.86. The van der Waals surface area contributed by atoms with Gasteiger partial charge in [-0.3, -0.25) is 14.4 Å². The van der Waals surface area contributed by atoms with E-state index in [1.54, 1.807) is 0 Å². The van der Waals surface area contributed by atoms with Gasteiger partial charge in [0.15, 0.2) is 15.5 Å². The first-order valence-electron chi connectivity index (χ1n) is 5.16. The maximum atomic E-state index is 10.5. The minimum absolute atomic E-state index is 0.105. The summed E-state index contributed by atoms with van der Waals surface area (Å²) in [5, 5.41) is 26.1. The van der Waals surface area contributed by atoms with Crippen molar-refractivity contribution in [2.24, 2.45) is 0 Å². The molecule has 0 unspecified atom stereocenters. The molecule has 114 valence electrons. The molecular formula is C9H9N3O6S3. The van der Waals surface area contributed by atoms with Gasteiger partial charge >= 0.3 is 17.9 Å². The number of thioether (sulfide) groups is 3. The molecule has 9 nitrogen and oxygen atoms in total. The summed E-state index contributed by atoms with van der Waals surface area (Å²) in [6.07, 6.45) is 0. The Balaban J connectivity index is 2.86. The summed E-state index contributed by atoms with van der Waals surface area (Å²) in [6, 6.07) is 0. The van der Waals surface area contributed by atoms with Crippen molar-refractivity contribution in [3.05, 3.63) is 0 Å². The highest BCUT2D eigenvalue weighted by Gasteiger charge is 2.12. The van der Waals surface area contributed by atoms with E-state index >= 15 is 0 Å². The molecule has 0 atom stereocenters. The number of rotatable bonds is 9. The molecule has 0 aliphatic heterocycles. The highest BCUT2D eigenvalue weighted by Crippen LogP contribution is 2.22. The third-order valence-corrected chi connectivity index (χ3v) is 4.04. The van der Waals surface area contributed by atoms with Crippen LogP contribution in [0.15, 0.2) is 15.5 Å². The molecule has 12 heteroatoms. The third-order valence-electron chi connectivity index (χ3n) is 1.55. The number of hydrogen-bond acceptors (Lipinski definition) is 9. The fraction of sp³-hybridized carbons (Fsp3) is 0.333. The van der Waals surface area contributed by atoms with Gasteiger partial charge in [0.2, 0.25) is 0 Å². The summed E-state index contributed by atoms with van der Waals surface area (Å²) in [4.78, 5) is 43.3. The number of carboxylic acids is 3. The van der Waals surface area contributed by atoms with Gasteiger partial charge in [-0.05, 0) is 0 Å². The van der Waals surface area contributed by atoms with Gasteiger partial charge < -0.3 is 15.3 Å². The molecule has 1 heterocycles. The van der Waals surface area contributed by atoms with Crippen LogP contribution in [-0.2, 0) is 14.4 Å². The maximum Gasteiger partial charge on any atom is 0.313 e.